The van der Waals surface area contributed by atoms with E-state index in [1.807, 2.05) is 11.3 Å². The molecule has 0 aliphatic heterocycles. The Kier molecular flexibility index (Phi) is 4.33. The van der Waals surface area contributed by atoms with Gasteiger partial charge in [-0.15, -0.1) is 11.3 Å². The Bertz CT molecular complexity index is 2230. The quantitative estimate of drug-likeness (QED) is 0.217. The van der Waals surface area contributed by atoms with Gasteiger partial charge in [-0.3, -0.25) is 0 Å². The SMILES string of the molecule is c1ccc(-c2ccc(-n3c4ccccc4c4cc5c(cc43)sc3c4c(ccc35)Cc3ccccc3-4)cc2)cc1. The third-order valence-corrected chi connectivity index (χ3v) is 9.61. The molecule has 8 aromatic rings. The number of nitrogens with zero attached hydrogens (tertiary/aromatic N) is 1. The first-order chi connectivity index (χ1) is 19.3. The molecule has 182 valence electrons. The van der Waals surface area contributed by atoms with Gasteiger partial charge in [0, 0.05) is 42.2 Å². The van der Waals surface area contributed by atoms with Gasteiger partial charge in [0.2, 0.25) is 0 Å². The maximum absolute atomic E-state index is 2.44. The number of thiophene rings is 1. The van der Waals surface area contributed by atoms with Crippen LogP contribution in [0.25, 0.3) is 69.9 Å². The van der Waals surface area contributed by atoms with Crippen LogP contribution in [0.5, 0.6) is 0 Å². The van der Waals surface area contributed by atoms with Crippen LogP contribution in [-0.4, -0.2) is 4.57 Å². The zero-order valence-corrected chi connectivity index (χ0v) is 22.0. The van der Waals surface area contributed by atoms with E-state index in [2.05, 4.69) is 132 Å². The smallest absolute Gasteiger partial charge is 0.0555 e. The number of para-hydroxylation sites is 1. The minimum atomic E-state index is 1.03. The van der Waals surface area contributed by atoms with Crippen LogP contribution in [-0.2, 0) is 6.42 Å². The maximum atomic E-state index is 2.44. The summed E-state index contributed by atoms with van der Waals surface area (Å²) in [5.74, 6) is 0. The van der Waals surface area contributed by atoms with Crippen LogP contribution in [0.3, 0.4) is 0 Å². The minimum Gasteiger partial charge on any atom is -0.309 e. The molecular weight excluding hydrogens is 490 g/mol. The van der Waals surface area contributed by atoms with Crippen LogP contribution in [0.2, 0.25) is 0 Å². The van der Waals surface area contributed by atoms with Gasteiger partial charge in [-0.2, -0.15) is 0 Å². The second-order valence-electron chi connectivity index (χ2n) is 10.5. The van der Waals surface area contributed by atoms with Gasteiger partial charge >= 0.3 is 0 Å². The van der Waals surface area contributed by atoms with E-state index < -0.39 is 0 Å². The zero-order valence-electron chi connectivity index (χ0n) is 21.2. The Morgan fingerprint density at radius 2 is 1.28 bits per heavy atom. The van der Waals surface area contributed by atoms with Crippen molar-refractivity contribution in [3.8, 4) is 27.9 Å². The molecule has 0 radical (unpaired) electrons. The highest BCUT2D eigenvalue weighted by Crippen LogP contribution is 2.48. The molecule has 0 fully saturated rings. The first kappa shape index (κ1) is 21.3. The standard InChI is InChI=1S/C37H23NS/c1-2-8-23(9-3-1)24-14-17-27(18-15-24)38-33-13-7-6-12-29(33)31-21-32-30-19-16-26-20-25-10-4-5-11-28(25)36(26)37(30)39-35(32)22-34(31)38/h1-19,21-22H,20H2. The lowest BCUT2D eigenvalue weighted by Crippen LogP contribution is -1.93. The van der Waals surface area contributed by atoms with Gasteiger partial charge in [-0.25, -0.2) is 0 Å². The van der Waals surface area contributed by atoms with Crippen LogP contribution in [0.4, 0.5) is 0 Å². The average Bonchev–Trinajstić information content (AvgIpc) is 3.65. The fourth-order valence-corrected chi connectivity index (χ4v) is 7.92. The third kappa shape index (κ3) is 3.01. The molecule has 0 atom stereocenters. The van der Waals surface area contributed by atoms with E-state index in [1.54, 1.807) is 0 Å². The van der Waals surface area contributed by atoms with Crippen LogP contribution in [0, 0.1) is 0 Å². The van der Waals surface area contributed by atoms with E-state index in [4.69, 9.17) is 0 Å². The van der Waals surface area contributed by atoms with E-state index in [0.717, 1.165) is 6.42 Å². The van der Waals surface area contributed by atoms with Crippen molar-refractivity contribution in [2.75, 3.05) is 0 Å². The van der Waals surface area contributed by atoms with Gasteiger partial charge in [0.25, 0.3) is 0 Å². The molecule has 1 aliphatic rings. The van der Waals surface area contributed by atoms with Crippen molar-refractivity contribution in [2.45, 2.75) is 6.42 Å². The number of hydrogen-bond acceptors (Lipinski definition) is 1. The highest BCUT2D eigenvalue weighted by Gasteiger charge is 2.23. The lowest BCUT2D eigenvalue weighted by atomic mass is 10.0. The molecule has 1 aliphatic carbocycles. The summed E-state index contributed by atoms with van der Waals surface area (Å²) in [7, 11) is 0. The monoisotopic (exact) mass is 513 g/mol. The number of benzene rings is 6. The predicted molar refractivity (Wildman–Crippen MR) is 167 cm³/mol. The number of rotatable bonds is 2. The maximum Gasteiger partial charge on any atom is 0.0555 e. The molecule has 0 amide bonds. The Balaban J connectivity index is 1.31. The average molecular weight is 514 g/mol. The normalized spacial score (nSPS) is 12.5. The first-order valence-corrected chi connectivity index (χ1v) is 14.3. The number of aromatic nitrogens is 1. The van der Waals surface area contributed by atoms with Crippen molar-refractivity contribution in [2.24, 2.45) is 0 Å². The van der Waals surface area contributed by atoms with Crippen molar-refractivity contribution < 1.29 is 0 Å². The molecule has 1 nitrogen and oxygen atoms in total. The lowest BCUT2D eigenvalue weighted by Gasteiger charge is -2.09. The largest absolute Gasteiger partial charge is 0.309 e. The summed E-state index contributed by atoms with van der Waals surface area (Å²) in [4.78, 5) is 0. The number of fused-ring (bicyclic) bond motifs is 10. The van der Waals surface area contributed by atoms with Crippen LogP contribution in [0.1, 0.15) is 11.1 Å². The van der Waals surface area contributed by atoms with E-state index in [9.17, 15) is 0 Å². The molecule has 0 bridgehead atoms. The van der Waals surface area contributed by atoms with Crippen molar-refractivity contribution in [3.63, 3.8) is 0 Å². The first-order valence-electron chi connectivity index (χ1n) is 13.5. The summed E-state index contributed by atoms with van der Waals surface area (Å²) in [6.07, 6.45) is 1.03. The van der Waals surface area contributed by atoms with Crippen molar-refractivity contribution >= 4 is 53.3 Å². The topological polar surface area (TPSA) is 4.93 Å². The molecule has 2 aromatic heterocycles. The summed E-state index contributed by atoms with van der Waals surface area (Å²) in [5, 5.41) is 5.34. The van der Waals surface area contributed by atoms with Crippen LogP contribution < -0.4 is 0 Å². The highest BCUT2D eigenvalue weighted by molar-refractivity contribution is 7.26. The van der Waals surface area contributed by atoms with Gasteiger partial charge in [-0.05, 0) is 64.6 Å². The van der Waals surface area contributed by atoms with Crippen molar-refractivity contribution in [3.05, 3.63) is 139 Å². The summed E-state index contributed by atoms with van der Waals surface area (Å²) in [5.41, 5.74) is 11.9. The van der Waals surface area contributed by atoms with Gasteiger partial charge in [0.1, 0.15) is 0 Å². The number of hydrogen-bond donors (Lipinski definition) is 0. The Morgan fingerprint density at radius 3 is 2.18 bits per heavy atom. The summed E-state index contributed by atoms with van der Waals surface area (Å²) >= 11 is 1.95. The molecule has 0 N–H and O–H groups in total. The molecule has 0 spiro atoms. The summed E-state index contributed by atoms with van der Waals surface area (Å²) in [6.45, 7) is 0. The van der Waals surface area contributed by atoms with Gasteiger partial charge in [-0.1, -0.05) is 97.1 Å². The molecule has 0 saturated carbocycles. The van der Waals surface area contributed by atoms with E-state index >= 15 is 0 Å². The molecule has 0 saturated heterocycles. The molecule has 2 heteroatoms. The molecular formula is C37H23NS. The summed E-state index contributed by atoms with van der Waals surface area (Å²) in [6, 6.07) is 46.9. The Hall–Kier alpha value is -4.66. The van der Waals surface area contributed by atoms with Crippen LogP contribution >= 0.6 is 11.3 Å². The van der Waals surface area contributed by atoms with Gasteiger partial charge in [0.15, 0.2) is 0 Å². The highest BCUT2D eigenvalue weighted by atomic mass is 32.1. The summed E-state index contributed by atoms with van der Waals surface area (Å²) < 4.78 is 5.20. The minimum absolute atomic E-state index is 1.03. The third-order valence-electron chi connectivity index (χ3n) is 8.42. The van der Waals surface area contributed by atoms with E-state index in [0.29, 0.717) is 0 Å². The lowest BCUT2D eigenvalue weighted by molar-refractivity contribution is 1.18. The Labute approximate surface area is 230 Å². The molecule has 0 unspecified atom stereocenters. The van der Waals surface area contributed by atoms with Gasteiger partial charge < -0.3 is 4.57 Å². The van der Waals surface area contributed by atoms with Crippen molar-refractivity contribution in [1.29, 1.82) is 0 Å². The van der Waals surface area contributed by atoms with E-state index in [1.165, 1.54) is 81.0 Å². The molecule has 9 rings (SSSR count). The molecule has 2 heterocycles. The predicted octanol–water partition coefficient (Wildman–Crippen LogP) is 10.4. The zero-order chi connectivity index (χ0) is 25.5. The molecule has 6 aromatic carbocycles. The van der Waals surface area contributed by atoms with Crippen LogP contribution in [0.15, 0.2) is 127 Å². The Morgan fingerprint density at radius 1 is 0.513 bits per heavy atom. The second-order valence-corrected chi connectivity index (χ2v) is 11.6. The molecule has 39 heavy (non-hydrogen) atoms. The van der Waals surface area contributed by atoms with Gasteiger partial charge in [0.05, 0.1) is 11.0 Å². The second kappa shape index (κ2) is 7.92. The fourth-order valence-electron chi connectivity index (χ4n) is 6.62. The van der Waals surface area contributed by atoms with E-state index in [-0.39, 0.29) is 0 Å². The van der Waals surface area contributed by atoms with Crippen molar-refractivity contribution in [1.82, 2.24) is 4.57 Å². The fraction of sp³-hybridized carbons (Fsp3) is 0.0270.